The minimum absolute atomic E-state index is 0.380. The molecular weight excluding hydrogens is 210 g/mol. The first-order chi connectivity index (χ1) is 7.09. The molecule has 0 bridgehead atoms. The molecule has 0 saturated heterocycles. The molecule has 1 aromatic heterocycles. The number of hydrogen-bond acceptors (Lipinski definition) is 3. The first-order valence-corrected chi connectivity index (χ1v) is 5.57. The van der Waals surface area contributed by atoms with E-state index in [-0.39, 0.29) is 0 Å². The highest BCUT2D eigenvalue weighted by atomic mass is 32.1. The van der Waals surface area contributed by atoms with Crippen molar-refractivity contribution in [3.63, 3.8) is 0 Å². The topological polar surface area (TPSA) is 49.3 Å². The van der Waals surface area contributed by atoms with Crippen LogP contribution in [0.3, 0.4) is 0 Å². The molecule has 15 heavy (non-hydrogen) atoms. The van der Waals surface area contributed by atoms with Gasteiger partial charge in [0, 0.05) is 28.4 Å². The Hall–Kier alpha value is -1.13. The standard InChI is InChI=1S/C11H15NO2S/c1-8(11(13)14)5-6-12-7-10-4-3-9(2)15-10/h3-5,12H,6-7H2,1-2H3,(H,13,14)/b8-5-. The van der Waals surface area contributed by atoms with Gasteiger partial charge in [0.25, 0.3) is 0 Å². The number of carboxylic acid groups (broad SMARTS) is 1. The van der Waals surface area contributed by atoms with Gasteiger partial charge in [-0.2, -0.15) is 0 Å². The third-order valence-corrected chi connectivity index (χ3v) is 2.99. The Bertz CT molecular complexity index is 368. The zero-order valence-electron chi connectivity index (χ0n) is 8.91. The second-order valence-electron chi connectivity index (χ2n) is 3.34. The number of hydrogen-bond donors (Lipinski definition) is 2. The molecule has 0 aliphatic carbocycles. The zero-order valence-corrected chi connectivity index (χ0v) is 9.73. The molecule has 0 unspecified atom stereocenters. The van der Waals surface area contributed by atoms with E-state index in [1.54, 1.807) is 24.3 Å². The minimum atomic E-state index is -0.858. The van der Waals surface area contributed by atoms with Crippen LogP contribution in [0, 0.1) is 6.92 Å². The third-order valence-electron chi connectivity index (χ3n) is 1.99. The van der Waals surface area contributed by atoms with Crippen molar-refractivity contribution in [3.05, 3.63) is 33.5 Å². The van der Waals surface area contributed by atoms with Gasteiger partial charge >= 0.3 is 5.97 Å². The average Bonchev–Trinajstić information content (AvgIpc) is 2.58. The largest absolute Gasteiger partial charge is 0.478 e. The van der Waals surface area contributed by atoms with Crippen LogP contribution in [-0.4, -0.2) is 17.6 Å². The number of thiophene rings is 1. The number of aryl methyl sites for hydroxylation is 1. The first-order valence-electron chi connectivity index (χ1n) is 4.75. The van der Waals surface area contributed by atoms with Crippen LogP contribution in [0.15, 0.2) is 23.8 Å². The number of carbonyl (C=O) groups is 1. The summed E-state index contributed by atoms with van der Waals surface area (Å²) in [6, 6.07) is 4.17. The maximum Gasteiger partial charge on any atom is 0.330 e. The quantitative estimate of drug-likeness (QED) is 0.596. The summed E-state index contributed by atoms with van der Waals surface area (Å²) < 4.78 is 0. The van der Waals surface area contributed by atoms with Gasteiger partial charge in [-0.05, 0) is 26.0 Å². The number of aliphatic carboxylic acids is 1. The van der Waals surface area contributed by atoms with Gasteiger partial charge in [-0.1, -0.05) is 6.08 Å². The first kappa shape index (κ1) is 11.9. The molecule has 0 aliphatic rings. The summed E-state index contributed by atoms with van der Waals surface area (Å²) in [6.45, 7) is 5.05. The number of carboxylic acids is 1. The van der Waals surface area contributed by atoms with Crippen molar-refractivity contribution < 1.29 is 9.90 Å². The summed E-state index contributed by atoms with van der Waals surface area (Å²) in [5, 5.41) is 11.8. The van der Waals surface area contributed by atoms with Crippen LogP contribution in [0.2, 0.25) is 0 Å². The molecule has 0 aliphatic heterocycles. The van der Waals surface area contributed by atoms with Crippen molar-refractivity contribution in [2.24, 2.45) is 0 Å². The van der Waals surface area contributed by atoms with Crippen molar-refractivity contribution in [1.82, 2.24) is 5.32 Å². The van der Waals surface area contributed by atoms with Crippen LogP contribution in [0.5, 0.6) is 0 Å². The van der Waals surface area contributed by atoms with Gasteiger partial charge in [0.15, 0.2) is 0 Å². The van der Waals surface area contributed by atoms with Crippen LogP contribution < -0.4 is 5.32 Å². The molecule has 0 atom stereocenters. The van der Waals surface area contributed by atoms with Crippen LogP contribution in [0.25, 0.3) is 0 Å². The Morgan fingerprint density at radius 1 is 1.60 bits per heavy atom. The predicted molar refractivity (Wildman–Crippen MR) is 62.2 cm³/mol. The number of rotatable bonds is 5. The fourth-order valence-corrected chi connectivity index (χ4v) is 1.95. The smallest absolute Gasteiger partial charge is 0.330 e. The second kappa shape index (κ2) is 5.68. The Labute approximate surface area is 93.4 Å². The molecule has 2 N–H and O–H groups in total. The van der Waals surface area contributed by atoms with E-state index in [2.05, 4.69) is 24.4 Å². The van der Waals surface area contributed by atoms with E-state index in [4.69, 9.17) is 5.11 Å². The number of nitrogens with one attached hydrogen (secondary N) is 1. The highest BCUT2D eigenvalue weighted by Crippen LogP contribution is 2.14. The SMILES string of the molecule is C/C(=C/CNCc1ccc(C)s1)C(=O)O. The lowest BCUT2D eigenvalue weighted by Gasteiger charge is -1.99. The van der Waals surface area contributed by atoms with Gasteiger partial charge in [0.2, 0.25) is 0 Å². The van der Waals surface area contributed by atoms with Crippen molar-refractivity contribution >= 4 is 17.3 Å². The molecule has 0 radical (unpaired) electrons. The van der Waals surface area contributed by atoms with Crippen LogP contribution in [-0.2, 0) is 11.3 Å². The summed E-state index contributed by atoms with van der Waals surface area (Å²) in [7, 11) is 0. The molecule has 0 fully saturated rings. The van der Waals surface area contributed by atoms with Crippen molar-refractivity contribution in [2.75, 3.05) is 6.54 Å². The highest BCUT2D eigenvalue weighted by Gasteiger charge is 1.98. The maximum atomic E-state index is 10.5. The van der Waals surface area contributed by atoms with Crippen molar-refractivity contribution in [2.45, 2.75) is 20.4 Å². The van der Waals surface area contributed by atoms with Gasteiger partial charge in [0.1, 0.15) is 0 Å². The molecule has 1 aromatic rings. The van der Waals surface area contributed by atoms with Crippen molar-refractivity contribution in [1.29, 1.82) is 0 Å². The molecule has 1 rings (SSSR count). The van der Waals surface area contributed by atoms with Crippen molar-refractivity contribution in [3.8, 4) is 0 Å². The lowest BCUT2D eigenvalue weighted by Crippen LogP contribution is -2.13. The molecular formula is C11H15NO2S. The predicted octanol–water partition coefficient (Wildman–Crippen LogP) is 2.18. The summed E-state index contributed by atoms with van der Waals surface area (Å²) >= 11 is 1.75. The van der Waals surface area contributed by atoms with Gasteiger partial charge in [-0.25, -0.2) is 4.79 Å². The van der Waals surface area contributed by atoms with Gasteiger partial charge in [-0.15, -0.1) is 11.3 Å². The molecule has 0 amide bonds. The van der Waals surface area contributed by atoms with Crippen LogP contribution in [0.1, 0.15) is 16.7 Å². The maximum absolute atomic E-state index is 10.5. The van der Waals surface area contributed by atoms with Gasteiger partial charge < -0.3 is 10.4 Å². The third kappa shape index (κ3) is 4.27. The fraction of sp³-hybridized carbons (Fsp3) is 0.364. The molecule has 4 heteroatoms. The summed E-state index contributed by atoms with van der Waals surface area (Å²) in [4.78, 5) is 13.0. The Morgan fingerprint density at radius 2 is 2.33 bits per heavy atom. The lowest BCUT2D eigenvalue weighted by atomic mass is 10.3. The minimum Gasteiger partial charge on any atom is -0.478 e. The van der Waals surface area contributed by atoms with Crippen LogP contribution >= 0.6 is 11.3 Å². The fourth-order valence-electron chi connectivity index (χ4n) is 1.09. The Balaban J connectivity index is 2.28. The normalized spacial score (nSPS) is 11.7. The Morgan fingerprint density at radius 3 is 2.87 bits per heavy atom. The second-order valence-corrected chi connectivity index (χ2v) is 4.71. The molecule has 82 valence electrons. The van der Waals surface area contributed by atoms with Gasteiger partial charge in [-0.3, -0.25) is 0 Å². The molecule has 0 spiro atoms. The van der Waals surface area contributed by atoms with E-state index in [9.17, 15) is 4.79 Å². The van der Waals surface area contributed by atoms with Gasteiger partial charge in [0.05, 0.1) is 0 Å². The summed E-state index contributed by atoms with van der Waals surface area (Å²) in [5.74, 6) is -0.858. The average molecular weight is 225 g/mol. The summed E-state index contributed by atoms with van der Waals surface area (Å²) in [6.07, 6.45) is 1.68. The van der Waals surface area contributed by atoms with E-state index in [0.717, 1.165) is 6.54 Å². The molecule has 0 saturated carbocycles. The van der Waals surface area contributed by atoms with E-state index in [1.807, 2.05) is 0 Å². The van der Waals surface area contributed by atoms with E-state index in [0.29, 0.717) is 12.1 Å². The lowest BCUT2D eigenvalue weighted by molar-refractivity contribution is -0.132. The van der Waals surface area contributed by atoms with E-state index >= 15 is 0 Å². The summed E-state index contributed by atoms with van der Waals surface area (Å²) in [5.41, 5.74) is 0.380. The zero-order chi connectivity index (χ0) is 11.3. The van der Waals surface area contributed by atoms with Crippen LogP contribution in [0.4, 0.5) is 0 Å². The monoisotopic (exact) mass is 225 g/mol. The molecule has 1 heterocycles. The molecule has 0 aromatic carbocycles. The van der Waals surface area contributed by atoms with E-state index in [1.165, 1.54) is 9.75 Å². The van der Waals surface area contributed by atoms with E-state index < -0.39 is 5.97 Å². The Kier molecular flexibility index (Phi) is 4.52. The molecule has 3 nitrogen and oxygen atoms in total. The highest BCUT2D eigenvalue weighted by molar-refractivity contribution is 7.11.